The lowest BCUT2D eigenvalue weighted by molar-refractivity contribution is -0.00834. The number of nitrogens with one attached hydrogen (secondary N) is 1. The van der Waals surface area contributed by atoms with Gasteiger partial charge in [0.25, 0.3) is 0 Å². The summed E-state index contributed by atoms with van der Waals surface area (Å²) >= 11 is 0. The molecule has 0 radical (unpaired) electrons. The minimum atomic E-state index is 0.106. The van der Waals surface area contributed by atoms with Gasteiger partial charge >= 0.3 is 0 Å². The van der Waals surface area contributed by atoms with Crippen molar-refractivity contribution >= 4 is 5.96 Å². The van der Waals surface area contributed by atoms with Gasteiger partial charge in [-0.15, -0.1) is 0 Å². The van der Waals surface area contributed by atoms with Gasteiger partial charge in [-0.25, -0.2) is 0 Å². The Hall–Kier alpha value is -1.63. The summed E-state index contributed by atoms with van der Waals surface area (Å²) in [5.74, 6) is 0.991. The molecule has 1 aromatic carbocycles. The van der Waals surface area contributed by atoms with Crippen LogP contribution in [0.25, 0.3) is 0 Å². The molecule has 1 N–H and O–H groups in total. The van der Waals surface area contributed by atoms with Crippen LogP contribution < -0.4 is 5.32 Å². The van der Waals surface area contributed by atoms with E-state index in [1.165, 1.54) is 36.2 Å². The van der Waals surface area contributed by atoms with Gasteiger partial charge in [0.15, 0.2) is 5.96 Å². The molecule has 0 amide bonds. The third-order valence-corrected chi connectivity index (χ3v) is 5.87. The maximum atomic E-state index is 6.10. The molecule has 0 spiro atoms. The molecule has 0 aliphatic carbocycles. The van der Waals surface area contributed by atoms with E-state index < -0.39 is 0 Å². The second-order valence-corrected chi connectivity index (χ2v) is 8.14. The monoisotopic (exact) mass is 387 g/mol. The van der Waals surface area contributed by atoms with Crippen LogP contribution in [0, 0.1) is 13.8 Å². The second kappa shape index (κ2) is 10.2. The first-order chi connectivity index (χ1) is 13.6. The molecule has 2 aliphatic heterocycles. The molecule has 0 bridgehead atoms. The average Bonchev–Trinajstić information content (AvgIpc) is 2.89. The van der Waals surface area contributed by atoms with Crippen LogP contribution in [0.3, 0.4) is 0 Å². The summed E-state index contributed by atoms with van der Waals surface area (Å²) < 4.78 is 6.10. The topological polar surface area (TPSA) is 43.3 Å². The zero-order valence-electron chi connectivity index (χ0n) is 18.1. The van der Waals surface area contributed by atoms with E-state index in [1.54, 1.807) is 0 Å². The van der Waals surface area contributed by atoms with Gasteiger partial charge in [-0.3, -0.25) is 4.99 Å². The third-order valence-electron chi connectivity index (χ3n) is 5.87. The number of aliphatic imine (C=N–C) groups is 1. The first-order valence-corrected chi connectivity index (χ1v) is 10.6. The first kappa shape index (κ1) is 21.1. The van der Waals surface area contributed by atoms with Crippen LogP contribution in [0.1, 0.15) is 29.2 Å². The SMILES string of the molecule is CN=C(NCCN1CCCN(C)CC1)N1CCOC(c2ccc(C)cc2C)C1. The molecule has 3 rings (SSSR count). The summed E-state index contributed by atoms with van der Waals surface area (Å²) in [4.78, 5) is 11.9. The van der Waals surface area contributed by atoms with Crippen LogP contribution in [0.5, 0.6) is 0 Å². The molecule has 2 saturated heterocycles. The van der Waals surface area contributed by atoms with Gasteiger partial charge in [0.1, 0.15) is 6.10 Å². The van der Waals surface area contributed by atoms with Crippen molar-refractivity contribution in [3.63, 3.8) is 0 Å². The van der Waals surface area contributed by atoms with Crippen molar-refractivity contribution in [3.05, 3.63) is 34.9 Å². The summed E-state index contributed by atoms with van der Waals surface area (Å²) in [6, 6.07) is 6.63. The number of hydrogen-bond donors (Lipinski definition) is 1. The van der Waals surface area contributed by atoms with E-state index in [2.05, 4.69) is 64.1 Å². The maximum absolute atomic E-state index is 6.10. The molecule has 6 heteroatoms. The maximum Gasteiger partial charge on any atom is 0.193 e. The number of aryl methyl sites for hydroxylation is 2. The Morgan fingerprint density at radius 3 is 2.82 bits per heavy atom. The molecule has 1 aromatic rings. The minimum absolute atomic E-state index is 0.106. The number of rotatable bonds is 4. The quantitative estimate of drug-likeness (QED) is 0.631. The zero-order valence-corrected chi connectivity index (χ0v) is 18.1. The highest BCUT2D eigenvalue weighted by molar-refractivity contribution is 5.80. The number of benzene rings is 1. The molecule has 156 valence electrons. The van der Waals surface area contributed by atoms with Gasteiger partial charge in [0.05, 0.1) is 13.2 Å². The predicted octanol–water partition coefficient (Wildman–Crippen LogP) is 1.89. The Morgan fingerprint density at radius 1 is 1.18 bits per heavy atom. The number of guanidine groups is 1. The highest BCUT2D eigenvalue weighted by Crippen LogP contribution is 2.25. The number of nitrogens with zero attached hydrogens (tertiary/aromatic N) is 4. The highest BCUT2D eigenvalue weighted by Gasteiger charge is 2.25. The molecule has 1 unspecified atom stereocenters. The number of hydrogen-bond acceptors (Lipinski definition) is 4. The number of ether oxygens (including phenoxy) is 1. The van der Waals surface area contributed by atoms with Crippen molar-refractivity contribution in [1.82, 2.24) is 20.0 Å². The van der Waals surface area contributed by atoms with Crippen LogP contribution in [0.4, 0.5) is 0 Å². The second-order valence-electron chi connectivity index (χ2n) is 8.14. The van der Waals surface area contributed by atoms with Crippen molar-refractivity contribution in [2.45, 2.75) is 26.4 Å². The summed E-state index contributed by atoms with van der Waals surface area (Å²) in [5, 5.41) is 3.58. The van der Waals surface area contributed by atoms with Crippen molar-refractivity contribution in [3.8, 4) is 0 Å². The van der Waals surface area contributed by atoms with Gasteiger partial charge in [-0.05, 0) is 51.5 Å². The van der Waals surface area contributed by atoms with Gasteiger partial charge in [0, 0.05) is 39.8 Å². The molecule has 0 saturated carbocycles. The Kier molecular flexibility index (Phi) is 7.71. The first-order valence-electron chi connectivity index (χ1n) is 10.6. The Labute approximate surface area is 170 Å². The third kappa shape index (κ3) is 5.69. The lowest BCUT2D eigenvalue weighted by Gasteiger charge is -2.36. The molecular formula is C22H37N5O. The smallest absolute Gasteiger partial charge is 0.193 e. The Bertz CT molecular complexity index is 662. The van der Waals surface area contributed by atoms with Gasteiger partial charge in [-0.2, -0.15) is 0 Å². The molecule has 2 heterocycles. The average molecular weight is 388 g/mol. The lowest BCUT2D eigenvalue weighted by atomic mass is 10.00. The molecule has 2 fully saturated rings. The van der Waals surface area contributed by atoms with E-state index in [9.17, 15) is 0 Å². The fourth-order valence-electron chi connectivity index (χ4n) is 4.20. The zero-order chi connectivity index (χ0) is 19.9. The molecule has 1 atom stereocenters. The normalized spacial score (nSPS) is 22.9. The lowest BCUT2D eigenvalue weighted by Crippen LogP contribution is -2.49. The van der Waals surface area contributed by atoms with Crippen molar-refractivity contribution in [1.29, 1.82) is 0 Å². The van der Waals surface area contributed by atoms with Crippen LogP contribution in [0.2, 0.25) is 0 Å². The fourth-order valence-corrected chi connectivity index (χ4v) is 4.20. The van der Waals surface area contributed by atoms with Crippen LogP contribution in [-0.2, 0) is 4.74 Å². The van der Waals surface area contributed by atoms with E-state index in [0.29, 0.717) is 0 Å². The number of likely N-dealkylation sites (N-methyl/N-ethyl adjacent to an activating group) is 1. The number of morpholine rings is 1. The summed E-state index contributed by atoms with van der Waals surface area (Å²) in [6.07, 6.45) is 1.36. The molecular weight excluding hydrogens is 350 g/mol. The van der Waals surface area contributed by atoms with Crippen LogP contribution in [-0.4, -0.2) is 93.7 Å². The van der Waals surface area contributed by atoms with Crippen molar-refractivity contribution in [2.75, 3.05) is 73.1 Å². The van der Waals surface area contributed by atoms with E-state index in [4.69, 9.17) is 4.74 Å². The molecule has 28 heavy (non-hydrogen) atoms. The van der Waals surface area contributed by atoms with Crippen molar-refractivity contribution < 1.29 is 4.74 Å². The summed E-state index contributed by atoms with van der Waals surface area (Å²) in [5.41, 5.74) is 3.89. The molecule has 6 nitrogen and oxygen atoms in total. The molecule has 2 aliphatic rings. The summed E-state index contributed by atoms with van der Waals surface area (Å²) in [7, 11) is 4.10. The van der Waals surface area contributed by atoms with Crippen molar-refractivity contribution in [2.24, 2.45) is 4.99 Å². The van der Waals surface area contributed by atoms with Gasteiger partial charge < -0.3 is 24.8 Å². The van der Waals surface area contributed by atoms with E-state index >= 15 is 0 Å². The van der Waals surface area contributed by atoms with E-state index in [-0.39, 0.29) is 6.10 Å². The highest BCUT2D eigenvalue weighted by atomic mass is 16.5. The minimum Gasteiger partial charge on any atom is -0.370 e. The van der Waals surface area contributed by atoms with E-state index in [0.717, 1.165) is 51.8 Å². The summed E-state index contributed by atoms with van der Waals surface area (Å²) in [6.45, 7) is 13.5. The predicted molar refractivity (Wildman–Crippen MR) is 116 cm³/mol. The fraction of sp³-hybridized carbons (Fsp3) is 0.682. The Morgan fingerprint density at radius 2 is 2.04 bits per heavy atom. The van der Waals surface area contributed by atoms with Gasteiger partial charge in [0.2, 0.25) is 0 Å². The largest absolute Gasteiger partial charge is 0.370 e. The standard InChI is InChI=1S/C22H37N5O/c1-18-6-7-20(19(2)16-18)21-17-27(14-15-28-21)22(23-3)24-8-11-26-10-5-9-25(4)12-13-26/h6-7,16,21H,5,8-15,17H2,1-4H3,(H,23,24). The Balaban J connectivity index is 1.52. The van der Waals surface area contributed by atoms with Crippen LogP contribution in [0.15, 0.2) is 23.2 Å². The van der Waals surface area contributed by atoms with Crippen LogP contribution >= 0.6 is 0 Å². The molecule has 0 aromatic heterocycles. The van der Waals surface area contributed by atoms with E-state index in [1.807, 2.05) is 7.05 Å². The van der Waals surface area contributed by atoms with Gasteiger partial charge in [-0.1, -0.05) is 23.8 Å².